The highest BCUT2D eigenvalue weighted by molar-refractivity contribution is 5.95. The lowest BCUT2D eigenvalue weighted by Gasteiger charge is -2.31. The van der Waals surface area contributed by atoms with Crippen LogP contribution >= 0.6 is 0 Å². The van der Waals surface area contributed by atoms with Crippen molar-refractivity contribution in [3.8, 4) is 17.2 Å². The molecule has 1 spiro atoms. The molecule has 0 atom stereocenters. The molecule has 0 unspecified atom stereocenters. The van der Waals surface area contributed by atoms with Crippen molar-refractivity contribution in [1.29, 1.82) is 0 Å². The molecule has 152 valence electrons. The molecule has 0 saturated heterocycles. The smallest absolute Gasteiger partial charge is 0.338 e. The van der Waals surface area contributed by atoms with Crippen LogP contribution in [0.3, 0.4) is 0 Å². The van der Waals surface area contributed by atoms with Gasteiger partial charge in [-0.15, -0.1) is 0 Å². The van der Waals surface area contributed by atoms with Gasteiger partial charge in [0.1, 0.15) is 5.75 Å². The number of hydrogen-bond acceptors (Lipinski definition) is 6. The van der Waals surface area contributed by atoms with Crippen molar-refractivity contribution < 1.29 is 28.5 Å². The number of benzene rings is 2. The second-order valence-electron chi connectivity index (χ2n) is 7.19. The summed E-state index contributed by atoms with van der Waals surface area (Å²) in [5.74, 6) is 0.385. The molecule has 4 rings (SSSR count). The van der Waals surface area contributed by atoms with Gasteiger partial charge < -0.3 is 24.3 Å². The van der Waals surface area contributed by atoms with E-state index in [1.807, 2.05) is 0 Å². The fourth-order valence-electron chi connectivity index (χ4n) is 3.60. The fourth-order valence-corrected chi connectivity index (χ4v) is 3.60. The molecule has 0 bridgehead atoms. The van der Waals surface area contributed by atoms with E-state index in [9.17, 15) is 9.59 Å². The first-order chi connectivity index (χ1) is 14.1. The van der Waals surface area contributed by atoms with Crippen LogP contribution in [0, 0.1) is 0 Å². The van der Waals surface area contributed by atoms with Crippen LogP contribution in [0.5, 0.6) is 17.2 Å². The predicted octanol–water partition coefficient (Wildman–Crippen LogP) is 3.92. The molecular formula is C22H23NO6. The van der Waals surface area contributed by atoms with Crippen molar-refractivity contribution in [2.45, 2.75) is 37.9 Å². The maximum absolute atomic E-state index is 12.2. The van der Waals surface area contributed by atoms with Crippen LogP contribution in [-0.2, 0) is 9.53 Å². The molecule has 1 heterocycles. The number of anilines is 1. The molecule has 1 aliphatic heterocycles. The summed E-state index contributed by atoms with van der Waals surface area (Å²) in [6.07, 6.45) is 5.09. The Labute approximate surface area is 168 Å². The highest BCUT2D eigenvalue weighted by Gasteiger charge is 2.42. The van der Waals surface area contributed by atoms with Crippen LogP contribution in [0.1, 0.15) is 42.5 Å². The topological polar surface area (TPSA) is 83.1 Å². The largest absolute Gasteiger partial charge is 0.497 e. The standard InChI is InChI=1S/C22H23NO6/c1-26-17-8-5-15(6-9-17)21(25)27-14-20(24)23-16-7-10-18-19(13-16)29-22(28-18)11-3-2-4-12-22/h5-10,13H,2-4,11-12,14H2,1H3,(H,23,24). The van der Waals surface area contributed by atoms with E-state index < -0.39 is 17.7 Å². The number of carbonyl (C=O) groups excluding carboxylic acids is 2. The van der Waals surface area contributed by atoms with E-state index in [2.05, 4.69) is 5.32 Å². The van der Waals surface area contributed by atoms with Crippen molar-refractivity contribution >= 4 is 17.6 Å². The third kappa shape index (κ3) is 4.29. The second kappa shape index (κ2) is 8.03. The van der Waals surface area contributed by atoms with Crippen molar-refractivity contribution in [2.75, 3.05) is 19.0 Å². The first-order valence-corrected chi connectivity index (χ1v) is 9.70. The maximum Gasteiger partial charge on any atom is 0.338 e. The Morgan fingerprint density at radius 2 is 1.72 bits per heavy atom. The molecule has 2 aliphatic rings. The number of hydrogen-bond donors (Lipinski definition) is 1. The van der Waals surface area contributed by atoms with Crippen molar-refractivity contribution in [1.82, 2.24) is 0 Å². The molecular weight excluding hydrogens is 374 g/mol. The second-order valence-corrected chi connectivity index (χ2v) is 7.19. The SMILES string of the molecule is COc1ccc(C(=O)OCC(=O)Nc2ccc3c(c2)OC2(CCCCC2)O3)cc1. The number of esters is 1. The van der Waals surface area contributed by atoms with E-state index in [4.69, 9.17) is 18.9 Å². The summed E-state index contributed by atoms with van der Waals surface area (Å²) in [6.45, 7) is -0.386. The van der Waals surface area contributed by atoms with Gasteiger partial charge in [-0.2, -0.15) is 0 Å². The van der Waals surface area contributed by atoms with Crippen LogP contribution in [0.4, 0.5) is 5.69 Å². The summed E-state index contributed by atoms with van der Waals surface area (Å²) in [4.78, 5) is 24.2. The number of fused-ring (bicyclic) bond motifs is 1. The Morgan fingerprint density at radius 3 is 2.45 bits per heavy atom. The van der Waals surface area contributed by atoms with E-state index in [1.54, 1.807) is 49.6 Å². The van der Waals surface area contributed by atoms with Crippen LogP contribution in [0.15, 0.2) is 42.5 Å². The van der Waals surface area contributed by atoms with Crippen molar-refractivity contribution in [3.05, 3.63) is 48.0 Å². The molecule has 2 aromatic rings. The van der Waals surface area contributed by atoms with Gasteiger partial charge in [0.15, 0.2) is 18.1 Å². The lowest BCUT2D eigenvalue weighted by atomic mass is 9.94. The summed E-state index contributed by atoms with van der Waals surface area (Å²) in [5.41, 5.74) is 0.908. The van der Waals surface area contributed by atoms with Crippen LogP contribution in [-0.4, -0.2) is 31.4 Å². The number of methoxy groups -OCH3 is 1. The quantitative estimate of drug-likeness (QED) is 0.770. The molecule has 1 fully saturated rings. The zero-order chi connectivity index (χ0) is 20.3. The Bertz CT molecular complexity index is 902. The summed E-state index contributed by atoms with van der Waals surface area (Å²) < 4.78 is 22.2. The molecule has 0 aromatic heterocycles. The first kappa shape index (κ1) is 19.1. The van der Waals surface area contributed by atoms with Gasteiger partial charge in [0.2, 0.25) is 0 Å². The minimum Gasteiger partial charge on any atom is -0.497 e. The zero-order valence-electron chi connectivity index (χ0n) is 16.2. The van der Waals surface area contributed by atoms with E-state index in [-0.39, 0.29) is 6.61 Å². The number of carbonyl (C=O) groups is 2. The summed E-state index contributed by atoms with van der Waals surface area (Å²) in [7, 11) is 1.54. The Kier molecular flexibility index (Phi) is 5.29. The minimum atomic E-state index is -0.576. The van der Waals surface area contributed by atoms with E-state index in [0.717, 1.165) is 25.7 Å². The number of amides is 1. The van der Waals surface area contributed by atoms with Gasteiger partial charge in [0.05, 0.1) is 12.7 Å². The van der Waals surface area contributed by atoms with Crippen LogP contribution < -0.4 is 19.5 Å². The highest BCUT2D eigenvalue weighted by Crippen LogP contribution is 2.46. The molecule has 7 nitrogen and oxygen atoms in total. The third-order valence-corrected chi connectivity index (χ3v) is 5.09. The fraction of sp³-hybridized carbons (Fsp3) is 0.364. The molecule has 1 N–H and O–H groups in total. The summed E-state index contributed by atoms with van der Waals surface area (Å²) in [5, 5.41) is 2.72. The van der Waals surface area contributed by atoms with Gasteiger partial charge in [-0.3, -0.25) is 4.79 Å². The minimum absolute atomic E-state index is 0.347. The van der Waals surface area contributed by atoms with E-state index in [1.165, 1.54) is 6.42 Å². The maximum atomic E-state index is 12.2. The van der Waals surface area contributed by atoms with Gasteiger partial charge in [0, 0.05) is 24.6 Å². The van der Waals surface area contributed by atoms with Gasteiger partial charge in [0.25, 0.3) is 11.7 Å². The normalized spacial score (nSPS) is 16.3. The van der Waals surface area contributed by atoms with E-state index in [0.29, 0.717) is 28.5 Å². The molecule has 1 amide bonds. The lowest BCUT2D eigenvalue weighted by molar-refractivity contribution is -0.119. The number of ether oxygens (including phenoxy) is 4. The monoisotopic (exact) mass is 397 g/mol. The third-order valence-electron chi connectivity index (χ3n) is 5.09. The van der Waals surface area contributed by atoms with Crippen molar-refractivity contribution in [2.24, 2.45) is 0 Å². The Hall–Kier alpha value is -3.22. The van der Waals surface area contributed by atoms with Gasteiger partial charge in [-0.25, -0.2) is 4.79 Å². The Morgan fingerprint density at radius 1 is 1.00 bits per heavy atom. The molecule has 1 saturated carbocycles. The highest BCUT2D eigenvalue weighted by atomic mass is 16.7. The first-order valence-electron chi connectivity index (χ1n) is 9.70. The molecule has 0 radical (unpaired) electrons. The number of rotatable bonds is 5. The van der Waals surface area contributed by atoms with Gasteiger partial charge in [-0.05, 0) is 49.2 Å². The van der Waals surface area contributed by atoms with Crippen molar-refractivity contribution in [3.63, 3.8) is 0 Å². The van der Waals surface area contributed by atoms with Gasteiger partial charge in [-0.1, -0.05) is 6.42 Å². The van der Waals surface area contributed by atoms with Crippen LogP contribution in [0.25, 0.3) is 0 Å². The predicted molar refractivity (Wildman–Crippen MR) is 105 cm³/mol. The Balaban J connectivity index is 1.31. The molecule has 1 aliphatic carbocycles. The van der Waals surface area contributed by atoms with Crippen LogP contribution in [0.2, 0.25) is 0 Å². The lowest BCUT2D eigenvalue weighted by Crippen LogP contribution is -2.40. The summed E-state index contributed by atoms with van der Waals surface area (Å²) in [6, 6.07) is 11.7. The number of nitrogens with one attached hydrogen (secondary N) is 1. The molecule has 29 heavy (non-hydrogen) atoms. The molecule has 7 heteroatoms. The zero-order valence-corrected chi connectivity index (χ0v) is 16.2. The summed E-state index contributed by atoms with van der Waals surface area (Å²) >= 11 is 0. The van der Waals surface area contributed by atoms with Gasteiger partial charge >= 0.3 is 5.97 Å². The average Bonchev–Trinajstić information content (AvgIpc) is 3.09. The average molecular weight is 397 g/mol. The molecule has 2 aromatic carbocycles. The van der Waals surface area contributed by atoms with E-state index >= 15 is 0 Å².